The Labute approximate surface area is 122 Å². The lowest BCUT2D eigenvalue weighted by Crippen LogP contribution is -2.26. The number of rotatable bonds is 2. The fourth-order valence-corrected chi connectivity index (χ4v) is 1.91. The van der Waals surface area contributed by atoms with Crippen LogP contribution < -0.4 is 10.6 Å². The summed E-state index contributed by atoms with van der Waals surface area (Å²) in [5, 5.41) is 9.10. The van der Waals surface area contributed by atoms with Crippen LogP contribution in [0.1, 0.15) is 15.9 Å². The van der Waals surface area contributed by atoms with E-state index in [2.05, 4.69) is 0 Å². The van der Waals surface area contributed by atoms with E-state index < -0.39 is 0 Å². The number of anilines is 2. The number of hydrogen-bond donors (Lipinski definition) is 1. The van der Waals surface area contributed by atoms with Gasteiger partial charge in [0.1, 0.15) is 0 Å². The topological polar surface area (TPSA) is 70.1 Å². The molecule has 20 heavy (non-hydrogen) atoms. The molecule has 100 valence electrons. The van der Waals surface area contributed by atoms with Crippen molar-refractivity contribution in [3.63, 3.8) is 0 Å². The summed E-state index contributed by atoms with van der Waals surface area (Å²) in [5.74, 6) is -0.198. The third kappa shape index (κ3) is 2.73. The van der Waals surface area contributed by atoms with Gasteiger partial charge in [-0.15, -0.1) is 0 Å². The predicted octanol–water partition coefficient (Wildman–Crippen LogP) is 3.07. The number of amides is 1. The molecule has 5 heteroatoms. The van der Waals surface area contributed by atoms with Gasteiger partial charge < -0.3 is 10.6 Å². The smallest absolute Gasteiger partial charge is 0.258 e. The zero-order valence-corrected chi connectivity index (χ0v) is 11.6. The van der Waals surface area contributed by atoms with Crippen LogP contribution in [0.4, 0.5) is 11.4 Å². The van der Waals surface area contributed by atoms with E-state index in [1.165, 1.54) is 4.90 Å². The molecule has 0 atom stereocenters. The third-order valence-corrected chi connectivity index (χ3v) is 3.26. The maximum Gasteiger partial charge on any atom is 0.258 e. The lowest BCUT2D eigenvalue weighted by Gasteiger charge is -2.17. The third-order valence-electron chi connectivity index (χ3n) is 2.94. The highest BCUT2D eigenvalue weighted by atomic mass is 35.5. The molecule has 2 aromatic carbocycles. The van der Waals surface area contributed by atoms with Gasteiger partial charge in [-0.1, -0.05) is 11.6 Å². The molecule has 4 nitrogen and oxygen atoms in total. The number of nitrogens with two attached hydrogens (primary N) is 1. The summed E-state index contributed by atoms with van der Waals surface area (Å²) < 4.78 is 0. The van der Waals surface area contributed by atoms with Crippen LogP contribution in [-0.2, 0) is 0 Å². The average Bonchev–Trinajstić information content (AvgIpc) is 2.48. The lowest BCUT2D eigenvalue weighted by molar-refractivity contribution is 0.0993. The molecule has 0 radical (unpaired) electrons. The molecule has 0 aliphatic carbocycles. The predicted molar refractivity (Wildman–Crippen MR) is 79.8 cm³/mol. The Hall–Kier alpha value is -2.51. The molecule has 0 spiro atoms. The molecule has 1 amide bonds. The Morgan fingerprint density at radius 1 is 1.25 bits per heavy atom. The highest BCUT2D eigenvalue weighted by Crippen LogP contribution is 2.22. The number of nitrogen functional groups attached to an aromatic ring is 1. The molecule has 0 heterocycles. The minimum atomic E-state index is -0.198. The SMILES string of the molecule is CN(C(=O)c1ccc(N)c(Cl)c1)c1ccc(C#N)cc1. The van der Waals surface area contributed by atoms with Crippen LogP contribution in [0.15, 0.2) is 42.5 Å². The number of benzene rings is 2. The summed E-state index contributed by atoms with van der Waals surface area (Å²) >= 11 is 5.92. The van der Waals surface area contributed by atoms with Crippen molar-refractivity contribution in [1.29, 1.82) is 5.26 Å². The van der Waals surface area contributed by atoms with E-state index in [1.54, 1.807) is 49.5 Å². The zero-order valence-electron chi connectivity index (χ0n) is 10.8. The van der Waals surface area contributed by atoms with Gasteiger partial charge in [-0.3, -0.25) is 4.79 Å². The molecule has 0 saturated heterocycles. The number of nitriles is 1. The molecule has 0 fully saturated rings. The number of carbonyl (C=O) groups is 1. The molecular weight excluding hydrogens is 274 g/mol. The van der Waals surface area contributed by atoms with Gasteiger partial charge in [0.15, 0.2) is 0 Å². The maximum atomic E-state index is 12.3. The van der Waals surface area contributed by atoms with Crippen molar-refractivity contribution >= 4 is 28.9 Å². The first-order chi connectivity index (χ1) is 9.52. The van der Waals surface area contributed by atoms with Gasteiger partial charge in [-0.05, 0) is 42.5 Å². The number of nitrogens with zero attached hydrogens (tertiary/aromatic N) is 2. The quantitative estimate of drug-likeness (QED) is 0.862. The molecule has 0 unspecified atom stereocenters. The minimum absolute atomic E-state index is 0.198. The van der Waals surface area contributed by atoms with Crippen molar-refractivity contribution in [2.45, 2.75) is 0 Å². The normalized spacial score (nSPS) is 9.85. The van der Waals surface area contributed by atoms with Crippen LogP contribution in [0.2, 0.25) is 5.02 Å². The summed E-state index contributed by atoms with van der Waals surface area (Å²) in [6, 6.07) is 13.6. The number of halogens is 1. The van der Waals surface area contributed by atoms with E-state index in [0.29, 0.717) is 27.5 Å². The first-order valence-corrected chi connectivity index (χ1v) is 6.24. The van der Waals surface area contributed by atoms with E-state index in [1.807, 2.05) is 6.07 Å². The van der Waals surface area contributed by atoms with Gasteiger partial charge in [0, 0.05) is 18.3 Å². The Kier molecular flexibility index (Phi) is 3.92. The molecule has 2 aromatic rings. The van der Waals surface area contributed by atoms with Crippen molar-refractivity contribution in [2.24, 2.45) is 0 Å². The van der Waals surface area contributed by atoms with Crippen LogP contribution in [0.3, 0.4) is 0 Å². The van der Waals surface area contributed by atoms with Gasteiger partial charge in [0.25, 0.3) is 5.91 Å². The standard InChI is InChI=1S/C15H12ClN3O/c1-19(12-5-2-10(9-17)3-6-12)15(20)11-4-7-14(18)13(16)8-11/h2-8H,18H2,1H3. The van der Waals surface area contributed by atoms with E-state index in [9.17, 15) is 4.79 Å². The molecule has 0 aliphatic rings. The molecule has 0 aliphatic heterocycles. The van der Waals surface area contributed by atoms with Gasteiger partial charge in [0.05, 0.1) is 22.3 Å². The fraction of sp³-hybridized carbons (Fsp3) is 0.0667. The van der Waals surface area contributed by atoms with Crippen LogP contribution in [0.25, 0.3) is 0 Å². The Balaban J connectivity index is 2.27. The molecule has 0 aromatic heterocycles. The van der Waals surface area contributed by atoms with Crippen LogP contribution >= 0.6 is 11.6 Å². The van der Waals surface area contributed by atoms with Crippen molar-refractivity contribution in [3.05, 3.63) is 58.6 Å². The molecule has 2 rings (SSSR count). The number of hydrogen-bond acceptors (Lipinski definition) is 3. The summed E-state index contributed by atoms with van der Waals surface area (Å²) in [4.78, 5) is 13.8. The van der Waals surface area contributed by atoms with Crippen molar-refractivity contribution in [1.82, 2.24) is 0 Å². The van der Waals surface area contributed by atoms with E-state index >= 15 is 0 Å². The summed E-state index contributed by atoms with van der Waals surface area (Å²) in [7, 11) is 1.66. The maximum absolute atomic E-state index is 12.3. The highest BCUT2D eigenvalue weighted by Gasteiger charge is 2.14. The monoisotopic (exact) mass is 285 g/mol. The summed E-state index contributed by atoms with van der Waals surface area (Å²) in [6.07, 6.45) is 0. The van der Waals surface area contributed by atoms with E-state index in [-0.39, 0.29) is 5.91 Å². The van der Waals surface area contributed by atoms with Crippen molar-refractivity contribution in [2.75, 3.05) is 17.7 Å². The second-order valence-electron chi connectivity index (χ2n) is 4.26. The average molecular weight is 286 g/mol. The molecular formula is C15H12ClN3O. The fourth-order valence-electron chi connectivity index (χ4n) is 1.73. The van der Waals surface area contributed by atoms with Gasteiger partial charge >= 0.3 is 0 Å². The highest BCUT2D eigenvalue weighted by molar-refractivity contribution is 6.33. The second-order valence-corrected chi connectivity index (χ2v) is 4.67. The minimum Gasteiger partial charge on any atom is -0.398 e. The van der Waals surface area contributed by atoms with E-state index in [0.717, 1.165) is 0 Å². The first kappa shape index (κ1) is 13.9. The Morgan fingerprint density at radius 3 is 2.45 bits per heavy atom. The lowest BCUT2D eigenvalue weighted by atomic mass is 10.1. The summed E-state index contributed by atoms with van der Waals surface area (Å²) in [5.41, 5.74) is 7.75. The molecule has 2 N–H and O–H groups in total. The van der Waals surface area contributed by atoms with Crippen molar-refractivity contribution < 1.29 is 4.79 Å². The number of carbonyl (C=O) groups excluding carboxylic acids is 1. The Bertz CT molecular complexity index is 689. The first-order valence-electron chi connectivity index (χ1n) is 5.86. The van der Waals surface area contributed by atoms with Crippen LogP contribution in [0, 0.1) is 11.3 Å². The summed E-state index contributed by atoms with van der Waals surface area (Å²) in [6.45, 7) is 0. The molecule has 0 saturated carbocycles. The van der Waals surface area contributed by atoms with Gasteiger partial charge in [0.2, 0.25) is 0 Å². The van der Waals surface area contributed by atoms with E-state index in [4.69, 9.17) is 22.6 Å². The largest absolute Gasteiger partial charge is 0.398 e. The van der Waals surface area contributed by atoms with Gasteiger partial charge in [-0.25, -0.2) is 0 Å². The Morgan fingerprint density at radius 2 is 1.90 bits per heavy atom. The van der Waals surface area contributed by atoms with Crippen LogP contribution in [0.5, 0.6) is 0 Å². The zero-order chi connectivity index (χ0) is 14.7. The molecule has 0 bridgehead atoms. The second kappa shape index (κ2) is 5.64. The van der Waals surface area contributed by atoms with Gasteiger partial charge in [-0.2, -0.15) is 5.26 Å². The van der Waals surface area contributed by atoms with Crippen molar-refractivity contribution in [3.8, 4) is 6.07 Å². The van der Waals surface area contributed by atoms with Crippen LogP contribution in [-0.4, -0.2) is 13.0 Å².